The van der Waals surface area contributed by atoms with Crippen LogP contribution in [0.2, 0.25) is 0 Å². The van der Waals surface area contributed by atoms with Crippen LogP contribution in [0, 0.1) is 11.3 Å². The van der Waals surface area contributed by atoms with E-state index in [2.05, 4.69) is 15.2 Å². The molecule has 4 rings (SSSR count). The molecular formula is C18H10F3N5O. The van der Waals surface area contributed by atoms with E-state index >= 15 is 0 Å². The Labute approximate surface area is 149 Å². The highest BCUT2D eigenvalue weighted by atomic mass is 19.4. The van der Waals surface area contributed by atoms with Crippen molar-refractivity contribution in [2.45, 2.75) is 12.7 Å². The lowest BCUT2D eigenvalue weighted by Gasteiger charge is -2.14. The number of pyridine rings is 2. The number of benzene rings is 1. The number of aromatic nitrogens is 4. The van der Waals surface area contributed by atoms with Gasteiger partial charge in [0, 0.05) is 17.1 Å². The fourth-order valence-corrected chi connectivity index (χ4v) is 3.08. The van der Waals surface area contributed by atoms with Crippen molar-refractivity contribution in [1.82, 2.24) is 19.7 Å². The van der Waals surface area contributed by atoms with Crippen molar-refractivity contribution in [3.05, 3.63) is 58.6 Å². The highest BCUT2D eigenvalue weighted by Crippen LogP contribution is 2.29. The monoisotopic (exact) mass is 369 g/mol. The second-order valence-corrected chi connectivity index (χ2v) is 5.91. The molecule has 6 nitrogen and oxygen atoms in total. The summed E-state index contributed by atoms with van der Waals surface area (Å²) in [6.45, 7) is -1.43. The first-order valence-electron chi connectivity index (χ1n) is 7.81. The number of nitriles is 1. The molecule has 134 valence electrons. The maximum atomic E-state index is 13.1. The van der Waals surface area contributed by atoms with Crippen molar-refractivity contribution in [2.24, 2.45) is 0 Å². The average molecular weight is 369 g/mol. The molecule has 27 heavy (non-hydrogen) atoms. The molecule has 0 aliphatic carbocycles. The largest absolute Gasteiger partial charge is 0.406 e. The molecule has 0 amide bonds. The molecular weight excluding hydrogens is 359 g/mol. The maximum Gasteiger partial charge on any atom is 0.406 e. The topological polar surface area (TPSA) is 87.4 Å². The van der Waals surface area contributed by atoms with Crippen LogP contribution in [0.15, 0.2) is 47.5 Å². The Balaban J connectivity index is 2.08. The number of fused-ring (bicyclic) bond motifs is 3. The first-order chi connectivity index (χ1) is 12.9. The van der Waals surface area contributed by atoms with Gasteiger partial charge in [0.15, 0.2) is 0 Å². The smallest absolute Gasteiger partial charge is 0.298 e. The lowest BCUT2D eigenvalue weighted by molar-refractivity contribution is -0.140. The first-order valence-corrected chi connectivity index (χ1v) is 7.81. The molecule has 0 aliphatic heterocycles. The standard InChI is InChI=1S/C18H10F3N5O/c19-18(20,21)9-26-14-6-10(15-11(7-22)2-1-5-23-15)3-4-12(14)16-13(17(26)27)8-24-25-16/h1-6,8H,9H2,(H,24,25). The Morgan fingerprint density at radius 2 is 2.04 bits per heavy atom. The number of aromatic amines is 1. The van der Waals surface area contributed by atoms with Gasteiger partial charge in [0.25, 0.3) is 5.56 Å². The highest BCUT2D eigenvalue weighted by molar-refractivity contribution is 6.04. The third-order valence-corrected chi connectivity index (χ3v) is 4.21. The summed E-state index contributed by atoms with van der Waals surface area (Å²) in [7, 11) is 0. The fraction of sp³-hybridized carbons (Fsp3) is 0.111. The quantitative estimate of drug-likeness (QED) is 0.587. The maximum absolute atomic E-state index is 13.1. The van der Waals surface area contributed by atoms with Gasteiger partial charge in [-0.2, -0.15) is 23.5 Å². The highest BCUT2D eigenvalue weighted by Gasteiger charge is 2.30. The van der Waals surface area contributed by atoms with E-state index in [9.17, 15) is 23.2 Å². The summed E-state index contributed by atoms with van der Waals surface area (Å²) in [5.41, 5.74) is 0.709. The van der Waals surface area contributed by atoms with Crippen molar-refractivity contribution in [3.8, 4) is 17.3 Å². The minimum atomic E-state index is -4.58. The molecule has 0 bridgehead atoms. The first kappa shape index (κ1) is 16.8. The van der Waals surface area contributed by atoms with Gasteiger partial charge in [-0.3, -0.25) is 19.4 Å². The van der Waals surface area contributed by atoms with Crippen LogP contribution in [0.3, 0.4) is 0 Å². The predicted molar refractivity (Wildman–Crippen MR) is 91.9 cm³/mol. The van der Waals surface area contributed by atoms with Crippen molar-refractivity contribution in [2.75, 3.05) is 0 Å². The van der Waals surface area contributed by atoms with E-state index in [0.717, 1.165) is 0 Å². The molecule has 1 aromatic carbocycles. The molecule has 0 saturated carbocycles. The van der Waals surface area contributed by atoms with Gasteiger partial charge < -0.3 is 0 Å². The summed E-state index contributed by atoms with van der Waals surface area (Å²) in [5.74, 6) is 0. The van der Waals surface area contributed by atoms with Crippen LogP contribution in [0.5, 0.6) is 0 Å². The lowest BCUT2D eigenvalue weighted by atomic mass is 10.0. The summed E-state index contributed by atoms with van der Waals surface area (Å²) in [5, 5.41) is 16.2. The van der Waals surface area contributed by atoms with Crippen molar-refractivity contribution in [3.63, 3.8) is 0 Å². The molecule has 3 aromatic heterocycles. The minimum absolute atomic E-state index is 0.0787. The van der Waals surface area contributed by atoms with E-state index in [-0.39, 0.29) is 16.5 Å². The van der Waals surface area contributed by atoms with Crippen molar-refractivity contribution < 1.29 is 13.2 Å². The van der Waals surface area contributed by atoms with Crippen molar-refractivity contribution >= 4 is 21.8 Å². The van der Waals surface area contributed by atoms with Gasteiger partial charge in [-0.05, 0) is 18.2 Å². The van der Waals surface area contributed by atoms with Gasteiger partial charge in [0.05, 0.1) is 33.9 Å². The zero-order chi connectivity index (χ0) is 19.2. The van der Waals surface area contributed by atoms with E-state index in [1.165, 1.54) is 18.5 Å². The minimum Gasteiger partial charge on any atom is -0.298 e. The number of rotatable bonds is 2. The van der Waals surface area contributed by atoms with Gasteiger partial charge in [-0.1, -0.05) is 12.1 Å². The fourth-order valence-electron chi connectivity index (χ4n) is 3.08. The van der Waals surface area contributed by atoms with E-state index < -0.39 is 18.3 Å². The molecule has 0 fully saturated rings. The Morgan fingerprint density at radius 3 is 2.78 bits per heavy atom. The second-order valence-electron chi connectivity index (χ2n) is 5.91. The number of hydrogen-bond acceptors (Lipinski definition) is 4. The van der Waals surface area contributed by atoms with Gasteiger partial charge in [-0.15, -0.1) is 0 Å². The zero-order valence-electron chi connectivity index (χ0n) is 13.6. The van der Waals surface area contributed by atoms with Crippen LogP contribution in [-0.2, 0) is 6.54 Å². The lowest BCUT2D eigenvalue weighted by Crippen LogP contribution is -2.28. The number of hydrogen-bond donors (Lipinski definition) is 1. The summed E-state index contributed by atoms with van der Waals surface area (Å²) in [4.78, 5) is 16.7. The summed E-state index contributed by atoms with van der Waals surface area (Å²) < 4.78 is 39.9. The van der Waals surface area contributed by atoms with Crippen molar-refractivity contribution in [1.29, 1.82) is 5.26 Å². The Bertz CT molecular complexity index is 1280. The number of alkyl halides is 3. The van der Waals surface area contributed by atoms with E-state index in [4.69, 9.17) is 0 Å². The Hall–Kier alpha value is -3.67. The normalized spacial score (nSPS) is 11.8. The molecule has 0 spiro atoms. The van der Waals surface area contributed by atoms with Gasteiger partial charge in [0.2, 0.25) is 0 Å². The number of nitrogens with zero attached hydrogens (tertiary/aromatic N) is 4. The van der Waals surface area contributed by atoms with E-state index in [1.807, 2.05) is 6.07 Å². The zero-order valence-corrected chi connectivity index (χ0v) is 13.6. The van der Waals surface area contributed by atoms with Crippen LogP contribution < -0.4 is 5.56 Å². The summed E-state index contributed by atoms with van der Waals surface area (Å²) >= 11 is 0. The molecule has 0 unspecified atom stereocenters. The van der Waals surface area contributed by atoms with Crippen LogP contribution in [0.1, 0.15) is 5.56 Å². The summed E-state index contributed by atoms with van der Waals surface area (Å²) in [6, 6.07) is 9.84. The Morgan fingerprint density at radius 1 is 1.22 bits per heavy atom. The molecule has 1 N–H and O–H groups in total. The van der Waals surface area contributed by atoms with Crippen LogP contribution in [-0.4, -0.2) is 25.9 Å². The van der Waals surface area contributed by atoms with E-state index in [0.29, 0.717) is 26.7 Å². The van der Waals surface area contributed by atoms with Gasteiger partial charge in [0.1, 0.15) is 12.6 Å². The van der Waals surface area contributed by atoms with Gasteiger partial charge >= 0.3 is 6.18 Å². The molecule has 0 aliphatic rings. The number of H-pyrrole nitrogens is 1. The SMILES string of the molecule is N#Cc1cccnc1-c1ccc2c3[nH]ncc3c(=O)n(CC(F)(F)F)c2c1. The molecule has 9 heteroatoms. The molecule has 0 atom stereocenters. The number of halogens is 3. The average Bonchev–Trinajstić information content (AvgIpc) is 3.14. The predicted octanol–water partition coefficient (Wildman–Crippen LogP) is 3.37. The third-order valence-electron chi connectivity index (χ3n) is 4.21. The number of nitrogens with one attached hydrogen (secondary N) is 1. The Kier molecular flexibility index (Phi) is 3.70. The van der Waals surface area contributed by atoms with Crippen LogP contribution >= 0.6 is 0 Å². The molecule has 4 aromatic rings. The molecule has 0 radical (unpaired) electrons. The van der Waals surface area contributed by atoms with Crippen LogP contribution in [0.4, 0.5) is 13.2 Å². The van der Waals surface area contributed by atoms with E-state index in [1.54, 1.807) is 24.3 Å². The molecule has 3 heterocycles. The summed E-state index contributed by atoms with van der Waals surface area (Å²) in [6.07, 6.45) is -1.88. The van der Waals surface area contributed by atoms with Gasteiger partial charge in [-0.25, -0.2) is 0 Å². The van der Waals surface area contributed by atoms with Crippen LogP contribution in [0.25, 0.3) is 33.1 Å². The molecule has 0 saturated heterocycles. The third kappa shape index (κ3) is 2.81. The second kappa shape index (κ2) is 5.95.